The molecule has 0 radical (unpaired) electrons. The summed E-state index contributed by atoms with van der Waals surface area (Å²) in [6, 6.07) is 13.2. The number of nitro groups is 1. The van der Waals surface area contributed by atoms with E-state index in [0.29, 0.717) is 23.3 Å². The Labute approximate surface area is 219 Å². The van der Waals surface area contributed by atoms with Crippen molar-refractivity contribution in [3.05, 3.63) is 88.1 Å². The molecule has 194 valence electrons. The van der Waals surface area contributed by atoms with Gasteiger partial charge in [0, 0.05) is 30.6 Å². The summed E-state index contributed by atoms with van der Waals surface area (Å²) in [4.78, 5) is 26.4. The highest BCUT2D eigenvalue weighted by Crippen LogP contribution is 2.35. The monoisotopic (exact) mass is 512 g/mol. The highest BCUT2D eigenvalue weighted by molar-refractivity contribution is 5.93. The van der Waals surface area contributed by atoms with Gasteiger partial charge < -0.3 is 15.0 Å². The first-order chi connectivity index (χ1) is 18.4. The van der Waals surface area contributed by atoms with Crippen molar-refractivity contribution in [3.63, 3.8) is 0 Å². The van der Waals surface area contributed by atoms with Gasteiger partial charge in [0.25, 0.3) is 0 Å². The fourth-order valence-electron chi connectivity index (χ4n) is 4.29. The second-order valence-corrected chi connectivity index (χ2v) is 9.36. The van der Waals surface area contributed by atoms with E-state index < -0.39 is 4.92 Å². The number of hydrogen-bond donors (Lipinski definition) is 1. The zero-order valence-electron chi connectivity index (χ0n) is 21.5. The molecule has 3 heterocycles. The molecule has 11 heteroatoms. The van der Waals surface area contributed by atoms with Crippen LogP contribution in [0.5, 0.6) is 5.75 Å². The number of anilines is 2. The van der Waals surface area contributed by atoms with E-state index in [-0.39, 0.29) is 11.4 Å². The number of benzene rings is 2. The Hall–Kier alpha value is -4.64. The van der Waals surface area contributed by atoms with Crippen molar-refractivity contribution in [1.29, 1.82) is 0 Å². The van der Waals surface area contributed by atoms with E-state index in [1.165, 1.54) is 24.3 Å². The van der Waals surface area contributed by atoms with E-state index in [2.05, 4.69) is 38.4 Å². The maximum atomic E-state index is 11.8. The van der Waals surface area contributed by atoms with Gasteiger partial charge in [0.2, 0.25) is 0 Å². The van der Waals surface area contributed by atoms with Gasteiger partial charge in [-0.2, -0.15) is 5.10 Å². The number of fused-ring (bicyclic) bond motifs is 2. The Morgan fingerprint density at radius 3 is 2.74 bits per heavy atom. The fourth-order valence-corrected chi connectivity index (χ4v) is 4.29. The Bertz CT molecular complexity index is 1620. The first-order valence-corrected chi connectivity index (χ1v) is 12.2. The van der Waals surface area contributed by atoms with Crippen molar-refractivity contribution in [2.45, 2.75) is 19.8 Å². The van der Waals surface area contributed by atoms with Gasteiger partial charge in [-0.3, -0.25) is 10.1 Å². The van der Waals surface area contributed by atoms with Crippen LogP contribution in [0.25, 0.3) is 16.6 Å². The minimum atomic E-state index is -0.437. The summed E-state index contributed by atoms with van der Waals surface area (Å²) in [5, 5.41) is 19.8. The normalized spacial score (nSPS) is 11.4. The Balaban J connectivity index is 1.37. The first-order valence-electron chi connectivity index (χ1n) is 12.2. The van der Waals surface area contributed by atoms with Crippen molar-refractivity contribution >= 4 is 33.7 Å². The number of nitrogens with zero attached hydrogens (tertiary/aromatic N) is 7. The number of pyridine rings is 1. The summed E-state index contributed by atoms with van der Waals surface area (Å²) >= 11 is 0. The van der Waals surface area contributed by atoms with Crippen molar-refractivity contribution in [2.24, 2.45) is 0 Å². The van der Waals surface area contributed by atoms with E-state index in [4.69, 9.17) is 4.74 Å². The predicted molar refractivity (Wildman–Crippen MR) is 145 cm³/mol. The molecule has 0 aliphatic heterocycles. The molecule has 11 nitrogen and oxygen atoms in total. The Kier molecular flexibility index (Phi) is 7.09. The molecule has 38 heavy (non-hydrogen) atoms. The van der Waals surface area contributed by atoms with Gasteiger partial charge in [0.1, 0.15) is 18.5 Å². The van der Waals surface area contributed by atoms with Gasteiger partial charge in [0.05, 0.1) is 22.4 Å². The molecule has 2 aromatic carbocycles. The summed E-state index contributed by atoms with van der Waals surface area (Å²) in [6.45, 7) is 3.26. The van der Waals surface area contributed by atoms with Crippen LogP contribution in [0.2, 0.25) is 0 Å². The lowest BCUT2D eigenvalue weighted by atomic mass is 10.0. The molecule has 5 rings (SSSR count). The Morgan fingerprint density at radius 1 is 1.08 bits per heavy atom. The average Bonchev–Trinajstić information content (AvgIpc) is 3.36. The van der Waals surface area contributed by atoms with Crippen molar-refractivity contribution in [3.8, 4) is 5.75 Å². The summed E-state index contributed by atoms with van der Waals surface area (Å²) in [7, 11) is 3.94. The number of ether oxygens (including phenoxy) is 1. The van der Waals surface area contributed by atoms with Crippen LogP contribution < -0.4 is 10.1 Å². The van der Waals surface area contributed by atoms with Gasteiger partial charge in [0.15, 0.2) is 11.4 Å². The van der Waals surface area contributed by atoms with Crippen LogP contribution in [0, 0.1) is 17.0 Å². The third kappa shape index (κ3) is 5.52. The minimum Gasteiger partial charge on any atom is -0.487 e. The zero-order chi connectivity index (χ0) is 26.6. The molecule has 0 spiro atoms. The van der Waals surface area contributed by atoms with Crippen LogP contribution in [0.1, 0.15) is 23.1 Å². The molecule has 0 saturated carbocycles. The molecule has 5 aromatic rings. The minimum absolute atomic E-state index is 0.114. The molecular weight excluding hydrogens is 484 g/mol. The summed E-state index contributed by atoms with van der Waals surface area (Å²) in [5.74, 6) is 0.692. The van der Waals surface area contributed by atoms with E-state index in [9.17, 15) is 10.1 Å². The molecule has 0 amide bonds. The van der Waals surface area contributed by atoms with Gasteiger partial charge in [-0.15, -0.1) is 0 Å². The van der Waals surface area contributed by atoms with Gasteiger partial charge in [-0.1, -0.05) is 6.07 Å². The first kappa shape index (κ1) is 25.0. The third-order valence-electron chi connectivity index (χ3n) is 6.26. The highest BCUT2D eigenvalue weighted by atomic mass is 16.6. The maximum Gasteiger partial charge on any atom is 0.311 e. The quantitative estimate of drug-likeness (QED) is 0.163. The zero-order valence-corrected chi connectivity index (χ0v) is 21.5. The summed E-state index contributed by atoms with van der Waals surface area (Å²) in [5.41, 5.74) is 5.51. The van der Waals surface area contributed by atoms with Crippen molar-refractivity contribution in [2.75, 3.05) is 32.6 Å². The SMILES string of the molecule is Cc1cc(Nc2ncnc3cc(OCCCN(C)C)c([N+](=O)[O-])cc23)ccc1Cc1ccn2ncnc2c1. The molecule has 1 N–H and O–H groups in total. The molecule has 3 aromatic heterocycles. The topological polar surface area (TPSA) is 124 Å². The molecular formula is C27H28N8O3. The maximum absolute atomic E-state index is 11.8. The molecule has 0 saturated heterocycles. The fraction of sp³-hybridized carbons (Fsp3) is 0.259. The van der Waals surface area contributed by atoms with E-state index in [1.807, 2.05) is 49.5 Å². The van der Waals surface area contributed by atoms with Gasteiger partial charge >= 0.3 is 5.69 Å². The lowest BCUT2D eigenvalue weighted by Gasteiger charge is -2.13. The summed E-state index contributed by atoms with van der Waals surface area (Å²) < 4.78 is 7.49. The van der Waals surface area contributed by atoms with Crippen LogP contribution in [0.3, 0.4) is 0 Å². The number of aryl methyl sites for hydroxylation is 1. The van der Waals surface area contributed by atoms with Crippen molar-refractivity contribution in [1.82, 2.24) is 29.5 Å². The number of rotatable bonds is 10. The van der Waals surface area contributed by atoms with Crippen molar-refractivity contribution < 1.29 is 9.66 Å². The van der Waals surface area contributed by atoms with Crippen LogP contribution in [0.15, 0.2) is 61.3 Å². The molecule has 0 fully saturated rings. The largest absolute Gasteiger partial charge is 0.487 e. The number of aromatic nitrogens is 5. The predicted octanol–water partition coefficient (Wildman–Crippen LogP) is 4.55. The van der Waals surface area contributed by atoms with E-state index >= 15 is 0 Å². The second kappa shape index (κ2) is 10.8. The third-order valence-corrected chi connectivity index (χ3v) is 6.26. The average molecular weight is 513 g/mol. The Morgan fingerprint density at radius 2 is 1.95 bits per heavy atom. The van der Waals surface area contributed by atoms with Gasteiger partial charge in [-0.25, -0.2) is 19.5 Å². The van der Waals surface area contributed by atoms with E-state index in [0.717, 1.165) is 41.8 Å². The highest BCUT2D eigenvalue weighted by Gasteiger charge is 2.19. The molecule has 0 unspecified atom stereocenters. The van der Waals surface area contributed by atoms with Crippen LogP contribution in [0.4, 0.5) is 17.2 Å². The summed E-state index contributed by atoms with van der Waals surface area (Å²) in [6.07, 6.45) is 6.39. The number of hydrogen-bond acceptors (Lipinski definition) is 9. The number of nitro benzene ring substituents is 1. The smallest absolute Gasteiger partial charge is 0.311 e. The van der Waals surface area contributed by atoms with Crippen LogP contribution in [-0.2, 0) is 6.42 Å². The van der Waals surface area contributed by atoms with Crippen LogP contribution >= 0.6 is 0 Å². The molecule has 0 bridgehead atoms. The molecule has 0 atom stereocenters. The van der Waals surface area contributed by atoms with E-state index in [1.54, 1.807) is 10.6 Å². The van der Waals surface area contributed by atoms with Gasteiger partial charge in [-0.05, 0) is 74.8 Å². The molecule has 0 aliphatic rings. The number of nitrogens with one attached hydrogen (secondary N) is 1. The second-order valence-electron chi connectivity index (χ2n) is 9.36. The van der Waals surface area contributed by atoms with Crippen LogP contribution in [-0.4, -0.2) is 61.6 Å². The standard InChI is InChI=1S/C27H28N8O3/c1-18-11-21(6-5-20(18)12-19-7-9-34-26(13-19)29-17-31-34)32-27-22-14-24(35(36)37)25(15-23(22)28-16-30-27)38-10-4-8-33(2)3/h5-7,9,11,13-17H,4,8,10,12H2,1-3H3,(H,28,30,32). The lowest BCUT2D eigenvalue weighted by Crippen LogP contribution is -2.15. The molecule has 0 aliphatic carbocycles. The lowest BCUT2D eigenvalue weighted by molar-refractivity contribution is -0.385.